The molecule has 3 aromatic rings. The summed E-state index contributed by atoms with van der Waals surface area (Å²) in [5, 5.41) is 6.10. The van der Waals surface area contributed by atoms with Crippen LogP contribution in [0.1, 0.15) is 5.69 Å². The number of pyridine rings is 1. The summed E-state index contributed by atoms with van der Waals surface area (Å²) in [5.41, 5.74) is 1.95. The molecule has 1 N–H and O–H groups in total. The molecule has 0 saturated heterocycles. The Balaban J connectivity index is 1.74. The average Bonchev–Trinajstić information content (AvgIpc) is 2.97. The van der Waals surface area contributed by atoms with Crippen molar-refractivity contribution >= 4 is 28.6 Å². The van der Waals surface area contributed by atoms with E-state index in [0.29, 0.717) is 17.3 Å². The molecule has 0 aliphatic rings. The topological polar surface area (TPSA) is 37.8 Å². The van der Waals surface area contributed by atoms with Gasteiger partial charge >= 0.3 is 0 Å². The van der Waals surface area contributed by atoms with E-state index in [9.17, 15) is 4.39 Å². The first-order valence-corrected chi connectivity index (χ1v) is 7.53. The van der Waals surface area contributed by atoms with Crippen LogP contribution < -0.4 is 5.32 Å². The second-order valence-electron chi connectivity index (χ2n) is 4.31. The number of halogens is 2. The molecule has 21 heavy (non-hydrogen) atoms. The van der Waals surface area contributed by atoms with Crippen molar-refractivity contribution in [1.29, 1.82) is 0 Å². The summed E-state index contributed by atoms with van der Waals surface area (Å²) in [5.74, 6) is -0.373. The third-order valence-electron chi connectivity index (χ3n) is 2.84. The maximum absolute atomic E-state index is 13.6. The fraction of sp³-hybridized carbons (Fsp3) is 0.0667. The number of anilines is 1. The third-order valence-corrected chi connectivity index (χ3v) is 4.07. The quantitative estimate of drug-likeness (QED) is 0.763. The van der Waals surface area contributed by atoms with Crippen molar-refractivity contribution in [3.8, 4) is 10.7 Å². The van der Waals surface area contributed by atoms with Gasteiger partial charge in [-0.05, 0) is 24.3 Å². The Morgan fingerprint density at radius 2 is 2.10 bits per heavy atom. The summed E-state index contributed by atoms with van der Waals surface area (Å²) >= 11 is 7.47. The molecule has 0 aliphatic carbocycles. The fourth-order valence-corrected chi connectivity index (χ4v) is 2.87. The zero-order valence-corrected chi connectivity index (χ0v) is 12.5. The number of hydrogen-bond donors (Lipinski definition) is 1. The van der Waals surface area contributed by atoms with Crippen molar-refractivity contribution in [3.63, 3.8) is 0 Å². The van der Waals surface area contributed by atoms with Crippen molar-refractivity contribution in [3.05, 3.63) is 64.5 Å². The average molecular weight is 320 g/mol. The Morgan fingerprint density at radius 1 is 1.19 bits per heavy atom. The monoisotopic (exact) mass is 319 g/mol. The maximum atomic E-state index is 13.6. The van der Waals surface area contributed by atoms with Crippen LogP contribution in [0.25, 0.3) is 10.7 Å². The third kappa shape index (κ3) is 3.20. The molecule has 2 aromatic heterocycles. The minimum atomic E-state index is -0.373. The summed E-state index contributed by atoms with van der Waals surface area (Å²) in [7, 11) is 0. The van der Waals surface area contributed by atoms with Gasteiger partial charge in [-0.2, -0.15) is 0 Å². The number of rotatable bonds is 4. The van der Waals surface area contributed by atoms with Gasteiger partial charge < -0.3 is 5.32 Å². The van der Waals surface area contributed by atoms with E-state index in [2.05, 4.69) is 15.3 Å². The van der Waals surface area contributed by atoms with Crippen molar-refractivity contribution < 1.29 is 4.39 Å². The summed E-state index contributed by atoms with van der Waals surface area (Å²) in [6.45, 7) is 0.407. The predicted molar refractivity (Wildman–Crippen MR) is 84.1 cm³/mol. The van der Waals surface area contributed by atoms with Crippen LogP contribution in [0.5, 0.6) is 0 Å². The van der Waals surface area contributed by atoms with E-state index >= 15 is 0 Å². The van der Waals surface area contributed by atoms with Crippen LogP contribution in [-0.4, -0.2) is 9.97 Å². The largest absolute Gasteiger partial charge is 0.376 e. The van der Waals surface area contributed by atoms with Crippen molar-refractivity contribution in [2.24, 2.45) is 0 Å². The van der Waals surface area contributed by atoms with Crippen LogP contribution >= 0.6 is 22.9 Å². The van der Waals surface area contributed by atoms with Crippen LogP contribution in [0, 0.1) is 5.82 Å². The molecule has 0 fully saturated rings. The highest BCUT2D eigenvalue weighted by Gasteiger charge is 2.09. The van der Waals surface area contributed by atoms with Gasteiger partial charge in [0.15, 0.2) is 0 Å². The zero-order valence-electron chi connectivity index (χ0n) is 10.9. The van der Waals surface area contributed by atoms with Gasteiger partial charge in [0, 0.05) is 11.6 Å². The summed E-state index contributed by atoms with van der Waals surface area (Å²) in [4.78, 5) is 8.74. The number of nitrogens with one attached hydrogen (secondary N) is 1. The van der Waals surface area contributed by atoms with Crippen LogP contribution in [0.2, 0.25) is 5.02 Å². The van der Waals surface area contributed by atoms with Gasteiger partial charge in [-0.1, -0.05) is 23.7 Å². The number of para-hydroxylation sites is 1. The van der Waals surface area contributed by atoms with Crippen molar-refractivity contribution in [2.75, 3.05) is 5.32 Å². The highest BCUT2D eigenvalue weighted by Crippen LogP contribution is 2.26. The van der Waals surface area contributed by atoms with Gasteiger partial charge in [-0.15, -0.1) is 11.3 Å². The van der Waals surface area contributed by atoms with Gasteiger partial charge in [-0.25, -0.2) is 9.37 Å². The van der Waals surface area contributed by atoms with E-state index in [0.717, 1.165) is 16.4 Å². The first kappa shape index (κ1) is 14.0. The first-order valence-electron chi connectivity index (χ1n) is 6.28. The Labute approximate surface area is 130 Å². The summed E-state index contributed by atoms with van der Waals surface area (Å²) in [6.07, 6.45) is 1.73. The lowest BCUT2D eigenvalue weighted by Crippen LogP contribution is -2.02. The van der Waals surface area contributed by atoms with Crippen LogP contribution in [0.3, 0.4) is 0 Å². The number of aromatic nitrogens is 2. The molecule has 0 amide bonds. The standard InChI is InChI=1S/C15H11ClFN3S/c16-11-4-3-5-12(17)14(11)19-8-10-9-21-15(20-10)13-6-1-2-7-18-13/h1-7,9,19H,8H2. The molecule has 6 heteroatoms. The SMILES string of the molecule is Fc1cccc(Cl)c1NCc1csc(-c2ccccn2)n1. The normalized spacial score (nSPS) is 10.6. The Bertz CT molecular complexity index is 725. The van der Waals surface area contributed by atoms with Crippen molar-refractivity contribution in [1.82, 2.24) is 9.97 Å². The zero-order chi connectivity index (χ0) is 14.7. The van der Waals surface area contributed by atoms with Gasteiger partial charge in [-0.3, -0.25) is 4.98 Å². The van der Waals surface area contributed by atoms with Crippen LogP contribution in [0.15, 0.2) is 48.0 Å². The maximum Gasteiger partial charge on any atom is 0.147 e. The molecule has 3 nitrogen and oxygen atoms in total. The number of hydrogen-bond acceptors (Lipinski definition) is 4. The molecule has 0 unspecified atom stereocenters. The molecule has 1 aromatic carbocycles. The van der Waals surface area contributed by atoms with E-state index in [1.807, 2.05) is 23.6 Å². The van der Waals surface area contributed by atoms with E-state index < -0.39 is 0 Å². The Morgan fingerprint density at radius 3 is 2.86 bits per heavy atom. The lowest BCUT2D eigenvalue weighted by molar-refractivity contribution is 0.630. The van der Waals surface area contributed by atoms with Crippen LogP contribution in [0.4, 0.5) is 10.1 Å². The molecular weight excluding hydrogens is 309 g/mol. The van der Waals surface area contributed by atoms with Gasteiger partial charge in [0.2, 0.25) is 0 Å². The van der Waals surface area contributed by atoms with E-state index in [1.165, 1.54) is 17.4 Å². The summed E-state index contributed by atoms with van der Waals surface area (Å²) in [6, 6.07) is 10.3. The highest BCUT2D eigenvalue weighted by atomic mass is 35.5. The number of nitrogens with zero attached hydrogens (tertiary/aromatic N) is 2. The molecule has 0 saturated carbocycles. The molecular formula is C15H11ClFN3S. The van der Waals surface area contributed by atoms with Crippen LogP contribution in [-0.2, 0) is 6.54 Å². The number of benzene rings is 1. The van der Waals surface area contributed by atoms with Gasteiger partial charge in [0.1, 0.15) is 10.8 Å². The Hall–Kier alpha value is -1.98. The Kier molecular flexibility index (Phi) is 4.13. The fourth-order valence-electron chi connectivity index (χ4n) is 1.84. The van der Waals surface area contributed by atoms with E-state index in [4.69, 9.17) is 11.6 Å². The molecule has 0 atom stereocenters. The smallest absolute Gasteiger partial charge is 0.147 e. The second kappa shape index (κ2) is 6.20. The minimum Gasteiger partial charge on any atom is -0.376 e. The predicted octanol–water partition coefficient (Wildman–Crippen LogP) is 4.61. The lowest BCUT2D eigenvalue weighted by atomic mass is 10.3. The van der Waals surface area contributed by atoms with Gasteiger partial charge in [0.25, 0.3) is 0 Å². The minimum absolute atomic E-state index is 0.298. The summed E-state index contributed by atoms with van der Waals surface area (Å²) < 4.78 is 13.6. The number of thiazole rings is 1. The van der Waals surface area contributed by atoms with E-state index in [-0.39, 0.29) is 5.82 Å². The molecule has 2 heterocycles. The molecule has 0 spiro atoms. The first-order chi connectivity index (χ1) is 10.2. The second-order valence-corrected chi connectivity index (χ2v) is 5.57. The molecule has 0 bridgehead atoms. The molecule has 0 aliphatic heterocycles. The van der Waals surface area contributed by atoms with Crippen molar-refractivity contribution in [2.45, 2.75) is 6.54 Å². The molecule has 106 valence electrons. The lowest BCUT2D eigenvalue weighted by Gasteiger charge is -2.07. The molecule has 3 rings (SSSR count). The highest BCUT2D eigenvalue weighted by molar-refractivity contribution is 7.13. The van der Waals surface area contributed by atoms with E-state index in [1.54, 1.807) is 18.3 Å². The molecule has 0 radical (unpaired) electrons. The van der Waals surface area contributed by atoms with Gasteiger partial charge in [0.05, 0.1) is 28.6 Å².